The smallest absolute Gasteiger partial charge is 0.254 e. The van der Waals surface area contributed by atoms with Gasteiger partial charge in [0.05, 0.1) is 22.5 Å². The Balaban J connectivity index is 1.45. The number of benzene rings is 1. The minimum Gasteiger partial charge on any atom is -0.507 e. The van der Waals surface area contributed by atoms with Gasteiger partial charge in [-0.05, 0) is 52.1 Å². The van der Waals surface area contributed by atoms with Crippen molar-refractivity contribution in [2.45, 2.75) is 12.8 Å². The SMILES string of the molecule is O=C1[C@@H]2[C@@H](C(=O)N1/N=C\c1cc(Br)c(O)cc1O)[C@@H]1C=C[C@H]2C12CC2. The van der Waals surface area contributed by atoms with Crippen molar-refractivity contribution in [3.63, 3.8) is 0 Å². The third-order valence-corrected chi connectivity index (χ3v) is 6.87. The first-order valence-electron chi connectivity index (χ1n) is 8.26. The first-order chi connectivity index (χ1) is 11.9. The third-order valence-electron chi connectivity index (χ3n) is 6.24. The van der Waals surface area contributed by atoms with Gasteiger partial charge < -0.3 is 10.2 Å². The second-order valence-electron chi connectivity index (χ2n) is 7.32. The number of imide groups is 1. The zero-order valence-corrected chi connectivity index (χ0v) is 14.7. The van der Waals surface area contributed by atoms with E-state index >= 15 is 0 Å². The van der Waals surface area contributed by atoms with Crippen molar-refractivity contribution in [1.82, 2.24) is 5.01 Å². The van der Waals surface area contributed by atoms with Crippen molar-refractivity contribution >= 4 is 34.0 Å². The Bertz CT molecular complexity index is 855. The summed E-state index contributed by atoms with van der Waals surface area (Å²) in [6.45, 7) is 0. The minimum atomic E-state index is -0.290. The Hall–Kier alpha value is -2.15. The largest absolute Gasteiger partial charge is 0.507 e. The quantitative estimate of drug-likeness (QED) is 0.451. The number of nitrogens with zero attached hydrogens (tertiary/aromatic N) is 2. The molecule has 0 radical (unpaired) electrons. The molecule has 0 unspecified atom stereocenters. The zero-order valence-electron chi connectivity index (χ0n) is 13.1. The molecule has 2 bridgehead atoms. The second-order valence-corrected chi connectivity index (χ2v) is 8.17. The topological polar surface area (TPSA) is 90.2 Å². The molecule has 1 aromatic rings. The van der Waals surface area contributed by atoms with Crippen molar-refractivity contribution in [2.24, 2.45) is 34.2 Å². The van der Waals surface area contributed by atoms with Crippen LogP contribution in [-0.2, 0) is 9.59 Å². The van der Waals surface area contributed by atoms with Gasteiger partial charge in [0.15, 0.2) is 0 Å². The van der Waals surface area contributed by atoms with E-state index in [-0.39, 0.29) is 52.4 Å². The van der Waals surface area contributed by atoms with Gasteiger partial charge in [0, 0.05) is 11.6 Å². The van der Waals surface area contributed by atoms with Crippen LogP contribution in [0.25, 0.3) is 0 Å². The predicted octanol–water partition coefficient (Wildman–Crippen LogP) is 2.39. The lowest BCUT2D eigenvalue weighted by Crippen LogP contribution is -2.30. The number of hydrazone groups is 1. The Morgan fingerprint density at radius 2 is 1.68 bits per heavy atom. The van der Waals surface area contributed by atoms with Crippen LogP contribution in [0.5, 0.6) is 11.5 Å². The standard InChI is InChI=1S/C18H15BrN2O4/c19-11-5-8(12(22)6-13(11)23)7-20-21-16(24)14-9-1-2-10(15(14)17(21)25)18(9)3-4-18/h1-2,5-7,9-10,14-15,22-23H,3-4H2/b20-7-/t9-,10+,14-,15-/m0/s1. The van der Waals surface area contributed by atoms with E-state index in [9.17, 15) is 19.8 Å². The monoisotopic (exact) mass is 402 g/mol. The van der Waals surface area contributed by atoms with Gasteiger partial charge in [-0.25, -0.2) is 0 Å². The molecule has 1 aromatic carbocycles. The Morgan fingerprint density at radius 1 is 1.08 bits per heavy atom. The number of aromatic hydroxyl groups is 2. The van der Waals surface area contributed by atoms with Crippen LogP contribution in [0, 0.1) is 29.1 Å². The van der Waals surface area contributed by atoms with Crippen LogP contribution in [0.4, 0.5) is 0 Å². The highest BCUT2D eigenvalue weighted by molar-refractivity contribution is 9.10. The highest BCUT2D eigenvalue weighted by Gasteiger charge is 2.73. The molecule has 7 heteroatoms. The van der Waals surface area contributed by atoms with E-state index in [2.05, 4.69) is 33.2 Å². The van der Waals surface area contributed by atoms with Crippen molar-refractivity contribution in [1.29, 1.82) is 0 Å². The van der Waals surface area contributed by atoms with Crippen LogP contribution in [0.15, 0.2) is 33.9 Å². The number of phenolic OH excluding ortho intramolecular Hbond substituents is 2. The van der Waals surface area contributed by atoms with E-state index in [1.807, 2.05) is 0 Å². The van der Waals surface area contributed by atoms with Gasteiger partial charge in [0.2, 0.25) is 0 Å². The fourth-order valence-corrected chi connectivity index (χ4v) is 5.33. The molecule has 4 aliphatic rings. The van der Waals surface area contributed by atoms with Gasteiger partial charge in [0.25, 0.3) is 11.8 Å². The maximum atomic E-state index is 12.8. The summed E-state index contributed by atoms with van der Waals surface area (Å²) >= 11 is 3.16. The highest BCUT2D eigenvalue weighted by atomic mass is 79.9. The van der Waals surface area contributed by atoms with Crippen LogP contribution in [0.2, 0.25) is 0 Å². The molecule has 2 amide bonds. The van der Waals surface area contributed by atoms with E-state index < -0.39 is 0 Å². The molecule has 3 aliphatic carbocycles. The van der Waals surface area contributed by atoms with Gasteiger partial charge in [0.1, 0.15) is 11.5 Å². The molecule has 2 saturated carbocycles. The average Bonchev–Trinajstić information content (AvgIpc) is 3.17. The molecule has 25 heavy (non-hydrogen) atoms. The number of rotatable bonds is 2. The summed E-state index contributed by atoms with van der Waals surface area (Å²) in [6, 6.07) is 2.65. The van der Waals surface area contributed by atoms with Crippen LogP contribution >= 0.6 is 15.9 Å². The predicted molar refractivity (Wildman–Crippen MR) is 91.7 cm³/mol. The Morgan fingerprint density at radius 3 is 2.24 bits per heavy atom. The number of amides is 2. The van der Waals surface area contributed by atoms with Crippen LogP contribution in [0.3, 0.4) is 0 Å². The fourth-order valence-electron chi connectivity index (χ4n) is 4.97. The molecule has 6 nitrogen and oxygen atoms in total. The molecule has 1 heterocycles. The van der Waals surface area contributed by atoms with Crippen LogP contribution in [0.1, 0.15) is 18.4 Å². The van der Waals surface area contributed by atoms with E-state index in [1.165, 1.54) is 18.3 Å². The lowest BCUT2D eigenvalue weighted by molar-refractivity contribution is -0.141. The van der Waals surface area contributed by atoms with Crippen molar-refractivity contribution in [3.8, 4) is 11.5 Å². The zero-order chi connectivity index (χ0) is 17.5. The number of fused-ring (bicyclic) bond motifs is 3. The lowest BCUT2D eigenvalue weighted by atomic mass is 9.85. The molecule has 128 valence electrons. The number of halogens is 1. The number of carbonyl (C=O) groups is 2. The Kier molecular flexibility index (Phi) is 2.86. The molecular weight excluding hydrogens is 388 g/mol. The normalized spacial score (nSPS) is 33.9. The molecule has 1 spiro atoms. The van der Waals surface area contributed by atoms with Gasteiger partial charge in [-0.1, -0.05) is 12.2 Å². The number of phenols is 2. The Labute approximate surface area is 152 Å². The molecule has 2 N–H and O–H groups in total. The van der Waals surface area contributed by atoms with Crippen molar-refractivity contribution < 1.29 is 19.8 Å². The summed E-state index contributed by atoms with van der Waals surface area (Å²) in [5.41, 5.74) is 0.471. The molecule has 3 fully saturated rings. The van der Waals surface area contributed by atoms with Gasteiger partial charge >= 0.3 is 0 Å². The van der Waals surface area contributed by atoms with E-state index in [1.54, 1.807) is 0 Å². The summed E-state index contributed by atoms with van der Waals surface area (Å²) in [5, 5.41) is 24.4. The minimum absolute atomic E-state index is 0.102. The molecule has 1 aliphatic heterocycles. The molecular formula is C18H15BrN2O4. The number of hydrogen-bond acceptors (Lipinski definition) is 5. The molecule has 1 saturated heterocycles. The average molecular weight is 403 g/mol. The van der Waals surface area contributed by atoms with Crippen molar-refractivity contribution in [2.75, 3.05) is 0 Å². The summed E-state index contributed by atoms with van der Waals surface area (Å²) in [5.74, 6) is -1.02. The summed E-state index contributed by atoms with van der Waals surface area (Å²) in [7, 11) is 0. The summed E-state index contributed by atoms with van der Waals surface area (Å²) < 4.78 is 0.389. The van der Waals surface area contributed by atoms with E-state index in [0.717, 1.165) is 17.9 Å². The third kappa shape index (κ3) is 1.82. The first kappa shape index (κ1) is 15.1. The fraction of sp³-hybridized carbons (Fsp3) is 0.389. The molecule has 0 aromatic heterocycles. The number of carbonyl (C=O) groups excluding carboxylic acids is 2. The van der Waals surface area contributed by atoms with Gasteiger partial charge in [-0.2, -0.15) is 10.1 Å². The second kappa shape index (κ2) is 4.72. The molecule has 4 atom stereocenters. The van der Waals surface area contributed by atoms with Crippen molar-refractivity contribution in [3.05, 3.63) is 34.3 Å². The maximum absolute atomic E-state index is 12.8. The first-order valence-corrected chi connectivity index (χ1v) is 9.05. The van der Waals surface area contributed by atoms with E-state index in [4.69, 9.17) is 0 Å². The highest BCUT2D eigenvalue weighted by Crippen LogP contribution is 2.73. The van der Waals surface area contributed by atoms with E-state index in [0.29, 0.717) is 10.0 Å². The maximum Gasteiger partial charge on any atom is 0.254 e. The molecule has 5 rings (SSSR count). The summed E-state index contributed by atoms with van der Waals surface area (Å²) in [6.07, 6.45) is 7.70. The van der Waals surface area contributed by atoms with Crippen LogP contribution < -0.4 is 0 Å². The lowest BCUT2D eigenvalue weighted by Gasteiger charge is -2.18. The number of allylic oxidation sites excluding steroid dienone is 2. The van der Waals surface area contributed by atoms with Crippen LogP contribution in [-0.4, -0.2) is 33.3 Å². The summed E-state index contributed by atoms with van der Waals surface area (Å²) in [4.78, 5) is 25.6. The van der Waals surface area contributed by atoms with Gasteiger partial charge in [-0.15, -0.1) is 0 Å². The number of hydrogen-bond donors (Lipinski definition) is 2. The van der Waals surface area contributed by atoms with Gasteiger partial charge in [-0.3, -0.25) is 9.59 Å².